The van der Waals surface area contributed by atoms with Gasteiger partial charge in [-0.1, -0.05) is 0 Å². The lowest BCUT2D eigenvalue weighted by atomic mass is 9.96. The highest BCUT2D eigenvalue weighted by Gasteiger charge is 2.26. The van der Waals surface area contributed by atoms with Gasteiger partial charge in [-0.25, -0.2) is 5.10 Å². The zero-order valence-corrected chi connectivity index (χ0v) is 14.2. The monoisotopic (exact) mass is 342 g/mol. The van der Waals surface area contributed by atoms with Gasteiger partial charge < -0.3 is 15.0 Å². The molecule has 0 saturated carbocycles. The minimum Gasteiger partial charge on any atom is -0.494 e. The second kappa shape index (κ2) is 7.83. The smallest absolute Gasteiger partial charge is 0.266 e. The summed E-state index contributed by atoms with van der Waals surface area (Å²) in [5.74, 6) is 0.650. The summed E-state index contributed by atoms with van der Waals surface area (Å²) >= 11 is 0. The SMILES string of the molecule is CCOc1ccc(NC(=O)[C@@H]2CCCN(c3cn[nH]c(=O)c3)C2)cc1. The van der Waals surface area contributed by atoms with Crippen LogP contribution < -0.4 is 20.5 Å². The molecule has 25 heavy (non-hydrogen) atoms. The summed E-state index contributed by atoms with van der Waals surface area (Å²) in [5.41, 5.74) is 1.27. The zero-order chi connectivity index (χ0) is 17.6. The van der Waals surface area contributed by atoms with Gasteiger partial charge in [-0.2, -0.15) is 5.10 Å². The number of nitrogens with zero attached hydrogens (tertiary/aromatic N) is 2. The number of anilines is 2. The highest BCUT2D eigenvalue weighted by molar-refractivity contribution is 5.93. The Kier molecular flexibility index (Phi) is 5.33. The molecule has 7 heteroatoms. The third-order valence-corrected chi connectivity index (χ3v) is 4.24. The highest BCUT2D eigenvalue weighted by atomic mass is 16.5. The molecule has 2 N–H and O–H groups in total. The lowest BCUT2D eigenvalue weighted by Gasteiger charge is -2.33. The fourth-order valence-corrected chi connectivity index (χ4v) is 3.01. The Morgan fingerprint density at radius 3 is 2.92 bits per heavy atom. The molecule has 1 aliphatic heterocycles. The molecular formula is C18H22N4O3. The standard InChI is InChI=1S/C18H22N4O3/c1-2-25-16-7-5-14(6-8-16)20-18(24)13-4-3-9-22(12-13)15-10-17(23)21-19-11-15/h5-8,10-11,13H,2-4,9,12H2,1H3,(H,20,24)(H,21,23)/t13-/m1/s1. The lowest BCUT2D eigenvalue weighted by Crippen LogP contribution is -2.41. The second-order valence-electron chi connectivity index (χ2n) is 6.04. The van der Waals surface area contributed by atoms with Crippen LogP contribution in [-0.4, -0.2) is 35.8 Å². The number of nitrogens with one attached hydrogen (secondary N) is 2. The third-order valence-electron chi connectivity index (χ3n) is 4.24. The summed E-state index contributed by atoms with van der Waals surface area (Å²) < 4.78 is 5.40. The average molecular weight is 342 g/mol. The number of benzene rings is 1. The number of rotatable bonds is 5. The number of hydrogen-bond acceptors (Lipinski definition) is 5. The zero-order valence-electron chi connectivity index (χ0n) is 14.2. The van der Waals surface area contributed by atoms with Gasteiger partial charge in [0.25, 0.3) is 5.56 Å². The minimum atomic E-state index is -0.238. The van der Waals surface area contributed by atoms with E-state index in [0.29, 0.717) is 13.2 Å². The third kappa shape index (κ3) is 4.37. The number of H-pyrrole nitrogens is 1. The van der Waals surface area contributed by atoms with Crippen molar-refractivity contribution in [3.05, 3.63) is 46.9 Å². The molecule has 2 heterocycles. The molecule has 1 atom stereocenters. The van der Waals surface area contributed by atoms with E-state index in [1.807, 2.05) is 36.1 Å². The number of piperidine rings is 1. The van der Waals surface area contributed by atoms with E-state index in [1.54, 1.807) is 6.20 Å². The molecule has 7 nitrogen and oxygen atoms in total. The van der Waals surface area contributed by atoms with Gasteiger partial charge in [0.05, 0.1) is 24.4 Å². The largest absolute Gasteiger partial charge is 0.494 e. The van der Waals surface area contributed by atoms with Crippen molar-refractivity contribution in [1.29, 1.82) is 0 Å². The fraction of sp³-hybridized carbons (Fsp3) is 0.389. The molecule has 1 amide bonds. The Labute approximate surface area is 146 Å². The molecule has 1 fully saturated rings. The maximum absolute atomic E-state index is 12.6. The number of carbonyl (C=O) groups excluding carboxylic acids is 1. The summed E-state index contributed by atoms with van der Waals surface area (Å²) in [6.45, 7) is 3.94. The second-order valence-corrected chi connectivity index (χ2v) is 6.04. The van der Waals surface area contributed by atoms with Crippen molar-refractivity contribution in [1.82, 2.24) is 10.2 Å². The van der Waals surface area contributed by atoms with E-state index in [-0.39, 0.29) is 17.4 Å². The molecule has 0 radical (unpaired) electrons. The van der Waals surface area contributed by atoms with E-state index >= 15 is 0 Å². The predicted molar refractivity (Wildman–Crippen MR) is 96.0 cm³/mol. The molecule has 3 rings (SSSR count). The Morgan fingerprint density at radius 2 is 2.20 bits per heavy atom. The summed E-state index contributed by atoms with van der Waals surface area (Å²) in [7, 11) is 0. The van der Waals surface area contributed by atoms with Crippen molar-refractivity contribution in [2.75, 3.05) is 29.9 Å². The summed E-state index contributed by atoms with van der Waals surface area (Å²) in [4.78, 5) is 26.0. The molecular weight excluding hydrogens is 320 g/mol. The number of amides is 1. The number of aromatic nitrogens is 2. The van der Waals surface area contributed by atoms with Crippen LogP contribution in [0.5, 0.6) is 5.75 Å². The Balaban J connectivity index is 1.62. The van der Waals surface area contributed by atoms with E-state index in [0.717, 1.165) is 36.5 Å². The lowest BCUT2D eigenvalue weighted by molar-refractivity contribution is -0.120. The van der Waals surface area contributed by atoms with E-state index < -0.39 is 0 Å². The molecule has 1 aromatic heterocycles. The van der Waals surface area contributed by atoms with E-state index in [4.69, 9.17) is 4.74 Å². The van der Waals surface area contributed by atoms with Gasteiger partial charge in [0.2, 0.25) is 5.91 Å². The van der Waals surface area contributed by atoms with E-state index in [2.05, 4.69) is 15.5 Å². The van der Waals surface area contributed by atoms with Crippen molar-refractivity contribution in [2.45, 2.75) is 19.8 Å². The van der Waals surface area contributed by atoms with Gasteiger partial charge in [0.1, 0.15) is 5.75 Å². The minimum absolute atomic E-state index is 0.00772. The van der Waals surface area contributed by atoms with Crippen molar-refractivity contribution < 1.29 is 9.53 Å². The molecule has 2 aromatic rings. The van der Waals surface area contributed by atoms with Crippen molar-refractivity contribution >= 4 is 17.3 Å². The first-order valence-corrected chi connectivity index (χ1v) is 8.49. The number of hydrogen-bond donors (Lipinski definition) is 2. The van der Waals surface area contributed by atoms with Crippen LogP contribution in [-0.2, 0) is 4.79 Å². The van der Waals surface area contributed by atoms with Crippen LogP contribution in [0.15, 0.2) is 41.3 Å². The van der Waals surface area contributed by atoms with Crippen LogP contribution in [0.2, 0.25) is 0 Å². The van der Waals surface area contributed by atoms with Crippen LogP contribution in [0.25, 0.3) is 0 Å². The summed E-state index contributed by atoms with van der Waals surface area (Å²) in [6, 6.07) is 8.87. The van der Waals surface area contributed by atoms with Crippen molar-refractivity contribution in [2.24, 2.45) is 5.92 Å². The molecule has 0 aliphatic carbocycles. The first kappa shape index (κ1) is 17.0. The topological polar surface area (TPSA) is 87.3 Å². The Morgan fingerprint density at radius 1 is 1.40 bits per heavy atom. The van der Waals surface area contributed by atoms with Gasteiger partial charge in [-0.3, -0.25) is 9.59 Å². The maximum atomic E-state index is 12.6. The van der Waals surface area contributed by atoms with E-state index in [9.17, 15) is 9.59 Å². The van der Waals surface area contributed by atoms with Crippen LogP contribution >= 0.6 is 0 Å². The highest BCUT2D eigenvalue weighted by Crippen LogP contribution is 2.23. The fourth-order valence-electron chi connectivity index (χ4n) is 3.01. The van der Waals surface area contributed by atoms with Crippen molar-refractivity contribution in [3.63, 3.8) is 0 Å². The number of carbonyl (C=O) groups is 1. The molecule has 1 aromatic carbocycles. The first-order valence-electron chi connectivity index (χ1n) is 8.49. The first-order chi connectivity index (χ1) is 12.2. The molecule has 132 valence electrons. The van der Waals surface area contributed by atoms with Gasteiger partial charge >= 0.3 is 0 Å². The Bertz CT molecular complexity index is 772. The van der Waals surface area contributed by atoms with E-state index in [1.165, 1.54) is 6.07 Å². The van der Waals surface area contributed by atoms with Crippen molar-refractivity contribution in [3.8, 4) is 5.75 Å². The maximum Gasteiger partial charge on any atom is 0.266 e. The quantitative estimate of drug-likeness (QED) is 0.868. The van der Waals surface area contributed by atoms with Gasteiger partial charge in [0, 0.05) is 24.8 Å². The number of aromatic amines is 1. The number of ether oxygens (including phenoxy) is 1. The molecule has 0 unspecified atom stereocenters. The van der Waals surface area contributed by atoms with Gasteiger partial charge in [-0.05, 0) is 44.0 Å². The van der Waals surface area contributed by atoms with Crippen LogP contribution in [0.3, 0.4) is 0 Å². The molecule has 1 aliphatic rings. The van der Waals surface area contributed by atoms with Crippen LogP contribution in [0.4, 0.5) is 11.4 Å². The molecule has 0 bridgehead atoms. The summed E-state index contributed by atoms with van der Waals surface area (Å²) in [6.07, 6.45) is 3.35. The van der Waals surface area contributed by atoms with Crippen LogP contribution in [0.1, 0.15) is 19.8 Å². The Hall–Kier alpha value is -2.83. The average Bonchev–Trinajstić information content (AvgIpc) is 2.64. The van der Waals surface area contributed by atoms with Gasteiger partial charge in [0.15, 0.2) is 0 Å². The normalized spacial score (nSPS) is 17.2. The molecule has 0 spiro atoms. The molecule has 1 saturated heterocycles. The van der Waals surface area contributed by atoms with Crippen LogP contribution in [0, 0.1) is 5.92 Å². The van der Waals surface area contributed by atoms with Gasteiger partial charge in [-0.15, -0.1) is 0 Å². The summed E-state index contributed by atoms with van der Waals surface area (Å²) in [5, 5.41) is 9.16. The predicted octanol–water partition coefficient (Wildman–Crippen LogP) is 2.02.